The van der Waals surface area contributed by atoms with Crippen molar-refractivity contribution >= 4 is 10.4 Å². The summed E-state index contributed by atoms with van der Waals surface area (Å²) in [6.45, 7) is 2.73. The van der Waals surface area contributed by atoms with Crippen LogP contribution in [-0.2, 0) is 16.8 Å². The minimum Gasteiger partial charge on any atom is -0.759 e. The van der Waals surface area contributed by atoms with E-state index in [1.165, 1.54) is 69.8 Å². The van der Waals surface area contributed by atoms with Crippen LogP contribution in [0.3, 0.4) is 0 Å². The third kappa shape index (κ3) is 26.8. The Balaban J connectivity index is -0.000000860. The predicted octanol–water partition coefficient (Wildman–Crippen LogP) is -1.81. The van der Waals surface area contributed by atoms with Gasteiger partial charge < -0.3 is 18.9 Å². The van der Waals surface area contributed by atoms with Gasteiger partial charge in [-0.1, -0.05) is 82.9 Å². The maximum atomic E-state index is 8.86. The molecule has 1 N–H and O–H groups in total. The fraction of sp³-hybridized carbons (Fsp3) is 0.700. The largest absolute Gasteiger partial charge is 1.00 e. The Morgan fingerprint density at radius 1 is 0.862 bits per heavy atom. The second-order valence-electron chi connectivity index (χ2n) is 6.52. The van der Waals surface area contributed by atoms with Crippen LogP contribution in [0.15, 0.2) is 24.3 Å². The minimum atomic E-state index is -5.17. The van der Waals surface area contributed by atoms with E-state index in [4.69, 9.17) is 27.4 Å². The maximum Gasteiger partial charge on any atom is 1.00 e. The molecule has 1 aromatic rings. The quantitative estimate of drug-likeness (QED) is 0.156. The summed E-state index contributed by atoms with van der Waals surface area (Å²) in [7, 11) is -5.17. The molecule has 0 spiro atoms. The van der Waals surface area contributed by atoms with Gasteiger partial charge in [-0.25, -0.2) is 0 Å². The fourth-order valence-electron chi connectivity index (χ4n) is 2.81. The smallest absolute Gasteiger partial charge is 0.759 e. The molecule has 0 fully saturated rings. The zero-order chi connectivity index (χ0) is 20.4. The SMILES string of the molecule is CCCCCCCCCCCCc1ccccc1OCCO.O=S(=O)([O-])[O-].[Na+].[Na+]. The van der Waals surface area contributed by atoms with Gasteiger partial charge in [0.25, 0.3) is 0 Å². The van der Waals surface area contributed by atoms with Crippen LogP contribution in [0.4, 0.5) is 0 Å². The number of benzene rings is 1. The van der Waals surface area contributed by atoms with Crippen molar-refractivity contribution in [3.63, 3.8) is 0 Å². The van der Waals surface area contributed by atoms with Gasteiger partial charge in [-0.15, -0.1) is 0 Å². The van der Waals surface area contributed by atoms with E-state index >= 15 is 0 Å². The average Bonchev–Trinajstić information content (AvgIpc) is 2.61. The molecule has 0 heterocycles. The van der Waals surface area contributed by atoms with Crippen molar-refractivity contribution in [1.29, 1.82) is 0 Å². The van der Waals surface area contributed by atoms with Crippen LogP contribution < -0.4 is 63.9 Å². The molecular weight excluding hydrogens is 414 g/mol. The Bertz CT molecular complexity index is 562. The molecule has 0 saturated carbocycles. The second kappa shape index (κ2) is 23.5. The van der Waals surface area contributed by atoms with Crippen LogP contribution in [0.2, 0.25) is 0 Å². The Kier molecular flexibility index (Phi) is 27.9. The van der Waals surface area contributed by atoms with Crippen molar-refractivity contribution in [2.24, 2.45) is 0 Å². The van der Waals surface area contributed by atoms with E-state index < -0.39 is 10.4 Å². The summed E-state index contributed by atoms with van der Waals surface area (Å²) < 4.78 is 39.7. The number of para-hydroxylation sites is 1. The first-order valence-electron chi connectivity index (χ1n) is 9.86. The standard InChI is InChI=1S/C20H34O2.2Na.H2O4S/c1-2-3-4-5-6-7-8-9-10-11-14-19-15-12-13-16-20(19)22-18-17-21;;;1-5(2,3)4/h12-13,15-16,21H,2-11,14,17-18H2,1H3;;;(H2,1,2,3,4)/q;2*+1;/p-2. The molecule has 0 amide bonds. The Labute approximate surface area is 221 Å². The Hall–Kier alpha value is 0.850. The molecule has 0 unspecified atom stereocenters. The van der Waals surface area contributed by atoms with Gasteiger partial charge >= 0.3 is 59.1 Å². The Morgan fingerprint density at radius 2 is 1.31 bits per heavy atom. The first-order chi connectivity index (χ1) is 12.9. The second-order valence-corrected chi connectivity index (χ2v) is 7.34. The molecule has 1 aromatic carbocycles. The Morgan fingerprint density at radius 3 is 1.79 bits per heavy atom. The normalized spacial score (nSPS) is 10.2. The molecule has 0 radical (unpaired) electrons. The van der Waals surface area contributed by atoms with Crippen LogP contribution in [0, 0.1) is 0 Å². The third-order valence-electron chi connectivity index (χ3n) is 4.12. The number of ether oxygens (including phenoxy) is 1. The molecule has 0 bridgehead atoms. The van der Waals surface area contributed by atoms with Crippen molar-refractivity contribution in [2.75, 3.05) is 13.2 Å². The van der Waals surface area contributed by atoms with Crippen molar-refractivity contribution in [3.8, 4) is 5.75 Å². The summed E-state index contributed by atoms with van der Waals surface area (Å²) in [4.78, 5) is 0. The monoisotopic (exact) mass is 448 g/mol. The van der Waals surface area contributed by atoms with Crippen LogP contribution in [0.1, 0.15) is 76.7 Å². The molecule has 0 aliphatic heterocycles. The molecule has 29 heavy (non-hydrogen) atoms. The number of hydrogen-bond donors (Lipinski definition) is 1. The van der Waals surface area contributed by atoms with E-state index in [0.29, 0.717) is 6.61 Å². The molecule has 9 heteroatoms. The molecule has 0 aliphatic rings. The third-order valence-corrected chi connectivity index (χ3v) is 4.12. The summed E-state index contributed by atoms with van der Waals surface area (Å²) in [5.74, 6) is 0.937. The van der Waals surface area contributed by atoms with Crippen LogP contribution in [-0.4, -0.2) is 35.8 Å². The molecular formula is C20H34Na2O6S. The van der Waals surface area contributed by atoms with Gasteiger partial charge in [-0.3, -0.25) is 8.42 Å². The summed E-state index contributed by atoms with van der Waals surface area (Å²) >= 11 is 0. The van der Waals surface area contributed by atoms with Crippen molar-refractivity contribution in [2.45, 2.75) is 77.6 Å². The molecule has 0 aromatic heterocycles. The van der Waals surface area contributed by atoms with Gasteiger partial charge in [0, 0.05) is 10.4 Å². The van der Waals surface area contributed by atoms with Crippen LogP contribution in [0.25, 0.3) is 0 Å². The van der Waals surface area contributed by atoms with Gasteiger partial charge in [0.1, 0.15) is 12.4 Å². The summed E-state index contributed by atoms with van der Waals surface area (Å²) in [6, 6.07) is 8.20. The summed E-state index contributed by atoms with van der Waals surface area (Å²) in [5, 5.41) is 8.86. The number of aliphatic hydroxyl groups is 1. The van der Waals surface area contributed by atoms with E-state index in [0.717, 1.165) is 12.2 Å². The molecule has 0 saturated heterocycles. The van der Waals surface area contributed by atoms with Crippen molar-refractivity contribution in [1.82, 2.24) is 0 Å². The van der Waals surface area contributed by atoms with Gasteiger partial charge in [-0.05, 0) is 24.5 Å². The van der Waals surface area contributed by atoms with Gasteiger partial charge in [0.2, 0.25) is 0 Å². The zero-order valence-electron chi connectivity index (χ0n) is 18.4. The van der Waals surface area contributed by atoms with E-state index in [-0.39, 0.29) is 65.7 Å². The van der Waals surface area contributed by atoms with Gasteiger partial charge in [0.05, 0.1) is 6.61 Å². The van der Waals surface area contributed by atoms with E-state index in [9.17, 15) is 0 Å². The molecule has 0 aliphatic carbocycles. The van der Waals surface area contributed by atoms with E-state index in [2.05, 4.69) is 19.1 Å². The van der Waals surface area contributed by atoms with E-state index in [1.54, 1.807) is 0 Å². The van der Waals surface area contributed by atoms with Crippen LogP contribution >= 0.6 is 0 Å². The maximum absolute atomic E-state index is 8.86. The van der Waals surface area contributed by atoms with Crippen molar-refractivity contribution in [3.05, 3.63) is 29.8 Å². The predicted molar refractivity (Wildman–Crippen MR) is 105 cm³/mol. The molecule has 158 valence electrons. The average molecular weight is 449 g/mol. The number of aryl methyl sites for hydroxylation is 1. The topological polar surface area (TPSA) is 110 Å². The van der Waals surface area contributed by atoms with Crippen LogP contribution in [0.5, 0.6) is 5.75 Å². The number of hydrogen-bond acceptors (Lipinski definition) is 6. The van der Waals surface area contributed by atoms with Gasteiger partial charge in [-0.2, -0.15) is 0 Å². The number of unbranched alkanes of at least 4 members (excludes halogenated alkanes) is 9. The summed E-state index contributed by atoms with van der Waals surface area (Å²) in [5.41, 5.74) is 1.27. The fourth-order valence-corrected chi connectivity index (χ4v) is 2.81. The summed E-state index contributed by atoms with van der Waals surface area (Å²) in [6.07, 6.45) is 14.8. The number of rotatable bonds is 14. The molecule has 1 rings (SSSR count). The van der Waals surface area contributed by atoms with E-state index in [1.807, 2.05) is 12.1 Å². The molecule has 6 nitrogen and oxygen atoms in total. The minimum absolute atomic E-state index is 0. The van der Waals surface area contributed by atoms with Gasteiger partial charge in [0.15, 0.2) is 0 Å². The van der Waals surface area contributed by atoms with Crippen molar-refractivity contribution < 1.29 is 86.5 Å². The zero-order valence-corrected chi connectivity index (χ0v) is 23.2. The number of aliphatic hydroxyl groups excluding tert-OH is 1. The molecule has 0 atom stereocenters. The first-order valence-corrected chi connectivity index (χ1v) is 11.2. The first kappa shape index (κ1) is 34.5.